The number of ketones is 1. The predicted molar refractivity (Wildman–Crippen MR) is 140 cm³/mol. The Hall–Kier alpha value is -3.88. The summed E-state index contributed by atoms with van der Waals surface area (Å²) in [6.07, 6.45) is 0.951. The van der Waals surface area contributed by atoms with Crippen molar-refractivity contribution in [3.63, 3.8) is 0 Å². The Morgan fingerprint density at radius 3 is 1.57 bits per heavy atom. The summed E-state index contributed by atoms with van der Waals surface area (Å²) >= 11 is 0. The van der Waals surface area contributed by atoms with Crippen molar-refractivity contribution in [3.05, 3.63) is 145 Å². The second-order valence-electron chi connectivity index (χ2n) is 8.25. The largest absolute Gasteiger partial charge is 0.327 e. The van der Waals surface area contributed by atoms with Crippen LogP contribution in [0.3, 0.4) is 0 Å². The summed E-state index contributed by atoms with van der Waals surface area (Å²) in [7, 11) is -10.3. The van der Waals surface area contributed by atoms with Crippen LogP contribution in [0.15, 0.2) is 138 Å². The lowest BCUT2D eigenvalue weighted by atomic mass is 9.95. The van der Waals surface area contributed by atoms with Crippen LogP contribution in [-0.4, -0.2) is 27.0 Å². The highest BCUT2D eigenvalue weighted by atomic mass is 32.3. The molecule has 4 rings (SSSR count). The summed E-state index contributed by atoms with van der Waals surface area (Å²) in [5, 5.41) is 0. The predicted octanol–water partition coefficient (Wildman–Crippen LogP) is 5.76. The lowest BCUT2D eigenvalue weighted by Crippen LogP contribution is -2.47. The van der Waals surface area contributed by atoms with Gasteiger partial charge in [0.2, 0.25) is 19.7 Å². The molecule has 0 aliphatic heterocycles. The molecule has 0 unspecified atom stereocenters. The smallest absolute Gasteiger partial charge is 0.289 e. The lowest BCUT2D eigenvalue weighted by Gasteiger charge is -2.31. The second-order valence-corrected chi connectivity index (χ2v) is 12.7. The lowest BCUT2D eigenvalue weighted by molar-refractivity contribution is 0.103. The van der Waals surface area contributed by atoms with Gasteiger partial charge in [-0.25, -0.2) is 21.2 Å². The average molecular weight is 535 g/mol. The third-order valence-electron chi connectivity index (χ3n) is 5.99. The van der Waals surface area contributed by atoms with Crippen LogP contribution in [0.2, 0.25) is 0 Å². The maximum Gasteiger partial charge on any atom is 0.327 e. The normalized spacial score (nSPS) is 13.0. The molecule has 0 bridgehead atoms. The number of benzene rings is 4. The van der Waals surface area contributed by atoms with Crippen LogP contribution >= 0.6 is 0 Å². The Bertz CT molecular complexity index is 1570. The Kier molecular flexibility index (Phi) is 7.25. The van der Waals surface area contributed by atoms with Crippen molar-refractivity contribution in [1.29, 1.82) is 0 Å². The summed E-state index contributed by atoms with van der Waals surface area (Å²) in [6, 6.07) is 27.1. The highest BCUT2D eigenvalue weighted by Crippen LogP contribution is 2.47. The van der Waals surface area contributed by atoms with Crippen LogP contribution in [0.4, 0.5) is 4.39 Å². The fourth-order valence-corrected chi connectivity index (χ4v) is 8.64. The van der Waals surface area contributed by atoms with Gasteiger partial charge in [-0.1, -0.05) is 91.0 Å². The molecule has 0 saturated heterocycles. The molecule has 0 aromatic heterocycles. The SMILES string of the molecule is C=C[C@@H](c1cccc(C(=O)c2ccccc2)c1)C(F)(S(=O)(=O)c1ccccc1)S(=O)(=O)c1ccccc1. The van der Waals surface area contributed by atoms with Crippen molar-refractivity contribution in [2.45, 2.75) is 20.0 Å². The van der Waals surface area contributed by atoms with E-state index in [2.05, 4.69) is 6.58 Å². The van der Waals surface area contributed by atoms with Crippen molar-refractivity contribution in [3.8, 4) is 0 Å². The quantitative estimate of drug-likeness (QED) is 0.201. The number of rotatable bonds is 9. The molecule has 188 valence electrons. The van der Waals surface area contributed by atoms with Gasteiger partial charge in [0.25, 0.3) is 0 Å². The molecule has 1 atom stereocenters. The molecule has 4 aromatic carbocycles. The van der Waals surface area contributed by atoms with E-state index in [1.807, 2.05) is 0 Å². The molecule has 0 N–H and O–H groups in total. The monoisotopic (exact) mass is 534 g/mol. The van der Waals surface area contributed by atoms with Crippen LogP contribution in [0.25, 0.3) is 0 Å². The molecule has 0 spiro atoms. The molecule has 0 heterocycles. The molecule has 0 fully saturated rings. The molecule has 4 aromatic rings. The minimum Gasteiger partial charge on any atom is -0.289 e. The van der Waals surface area contributed by atoms with E-state index in [9.17, 15) is 21.6 Å². The highest BCUT2D eigenvalue weighted by Gasteiger charge is 2.62. The third kappa shape index (κ3) is 4.54. The number of halogens is 1. The highest BCUT2D eigenvalue weighted by molar-refractivity contribution is 8.10. The first-order valence-electron chi connectivity index (χ1n) is 11.2. The zero-order valence-electron chi connectivity index (χ0n) is 19.6. The molecule has 8 heteroatoms. The molecule has 0 amide bonds. The Morgan fingerprint density at radius 1 is 0.676 bits per heavy atom. The first kappa shape index (κ1) is 26.2. The summed E-state index contributed by atoms with van der Waals surface area (Å²) in [5.41, 5.74) is 0.487. The summed E-state index contributed by atoms with van der Waals surface area (Å²) in [5.74, 6) is -2.25. The zero-order valence-corrected chi connectivity index (χ0v) is 21.2. The van der Waals surface area contributed by atoms with Gasteiger partial charge in [0.05, 0.1) is 15.7 Å². The Balaban J connectivity index is 1.95. The second kappa shape index (κ2) is 10.2. The number of alkyl halides is 1. The topological polar surface area (TPSA) is 85.3 Å². The minimum atomic E-state index is -5.16. The molecule has 0 aliphatic carbocycles. The third-order valence-corrected chi connectivity index (χ3v) is 11.1. The number of allylic oxidation sites excluding steroid dienone is 1. The van der Waals surface area contributed by atoms with E-state index in [0.29, 0.717) is 5.56 Å². The van der Waals surface area contributed by atoms with E-state index >= 15 is 4.39 Å². The van der Waals surface area contributed by atoms with Crippen molar-refractivity contribution in [2.75, 3.05) is 0 Å². The Labute approximate surface area is 215 Å². The van der Waals surface area contributed by atoms with E-state index in [1.165, 1.54) is 60.7 Å². The summed E-state index contributed by atoms with van der Waals surface area (Å²) in [6.45, 7) is 3.60. The number of hydrogen-bond acceptors (Lipinski definition) is 5. The molecular weight excluding hydrogens is 511 g/mol. The van der Waals surface area contributed by atoms with Gasteiger partial charge < -0.3 is 0 Å². The van der Waals surface area contributed by atoms with Crippen LogP contribution < -0.4 is 0 Å². The molecule has 37 heavy (non-hydrogen) atoms. The molecular formula is C29H23FO5S2. The molecule has 0 saturated carbocycles. The van der Waals surface area contributed by atoms with Gasteiger partial charge in [-0.3, -0.25) is 4.79 Å². The molecule has 5 nitrogen and oxygen atoms in total. The van der Waals surface area contributed by atoms with Crippen molar-refractivity contribution in [2.24, 2.45) is 0 Å². The van der Waals surface area contributed by atoms with Gasteiger partial charge in [0.1, 0.15) is 0 Å². The number of carbonyl (C=O) groups is 1. The van der Waals surface area contributed by atoms with E-state index in [0.717, 1.165) is 30.3 Å². The van der Waals surface area contributed by atoms with Crippen molar-refractivity contribution in [1.82, 2.24) is 0 Å². The van der Waals surface area contributed by atoms with Gasteiger partial charge in [0, 0.05) is 11.1 Å². The first-order valence-corrected chi connectivity index (χ1v) is 14.2. The van der Waals surface area contributed by atoms with E-state index in [-0.39, 0.29) is 16.9 Å². The maximum absolute atomic E-state index is 17.4. The number of hydrogen-bond donors (Lipinski definition) is 0. The van der Waals surface area contributed by atoms with Gasteiger partial charge in [-0.2, -0.15) is 0 Å². The number of sulfone groups is 2. The molecule has 0 radical (unpaired) electrons. The maximum atomic E-state index is 17.4. The minimum absolute atomic E-state index is 0.0294. The van der Waals surface area contributed by atoms with E-state index in [4.69, 9.17) is 0 Å². The summed E-state index contributed by atoms with van der Waals surface area (Å²) in [4.78, 5) is 12.0. The van der Waals surface area contributed by atoms with Crippen LogP contribution in [0.1, 0.15) is 27.4 Å². The summed E-state index contributed by atoms with van der Waals surface area (Å²) < 4.78 is 68.8. The van der Waals surface area contributed by atoms with Crippen LogP contribution in [0.5, 0.6) is 0 Å². The zero-order chi connectivity index (χ0) is 26.7. The van der Waals surface area contributed by atoms with Gasteiger partial charge in [-0.05, 0) is 35.9 Å². The molecule has 0 aliphatic rings. The van der Waals surface area contributed by atoms with Crippen molar-refractivity contribution >= 4 is 25.5 Å². The van der Waals surface area contributed by atoms with E-state index in [1.54, 1.807) is 30.3 Å². The fraction of sp³-hybridized carbons (Fsp3) is 0.0690. The van der Waals surface area contributed by atoms with Crippen LogP contribution in [0, 0.1) is 0 Å². The van der Waals surface area contributed by atoms with Gasteiger partial charge in [0.15, 0.2) is 5.78 Å². The van der Waals surface area contributed by atoms with Crippen molar-refractivity contribution < 1.29 is 26.0 Å². The van der Waals surface area contributed by atoms with Crippen LogP contribution in [-0.2, 0) is 19.7 Å². The van der Waals surface area contributed by atoms with Gasteiger partial charge >= 0.3 is 4.33 Å². The van der Waals surface area contributed by atoms with Gasteiger partial charge in [-0.15, -0.1) is 6.58 Å². The van der Waals surface area contributed by atoms with E-state index < -0.39 is 39.7 Å². The first-order chi connectivity index (χ1) is 17.6. The fourth-order valence-electron chi connectivity index (χ4n) is 4.10. The number of carbonyl (C=O) groups excluding carboxylic acids is 1. The standard InChI is InChI=1S/C29H23FO5S2/c1-2-27(23-15-12-16-24(21-23)28(31)22-13-6-3-7-14-22)29(30,36(32,33)25-17-8-4-9-18-25)37(34,35)26-19-10-5-11-20-26/h2-21,27H,1H2/t27-/m0/s1. The Morgan fingerprint density at radius 2 is 1.11 bits per heavy atom. The average Bonchev–Trinajstić information content (AvgIpc) is 2.94.